The monoisotopic (exact) mass is 412 g/mol. The van der Waals surface area contributed by atoms with E-state index >= 15 is 0 Å². The zero-order valence-corrected chi connectivity index (χ0v) is 17.5. The highest BCUT2D eigenvalue weighted by Crippen LogP contribution is 2.50. The first-order valence-electron chi connectivity index (χ1n) is 10.3. The minimum atomic E-state index is -1.09. The van der Waals surface area contributed by atoms with Gasteiger partial charge in [-0.1, -0.05) is 48.5 Å². The molecule has 6 heteroatoms. The number of carbonyl (C=O) groups is 1. The number of carbonyl (C=O) groups excluding carboxylic acids is 1. The Balaban J connectivity index is 1.66. The maximum absolute atomic E-state index is 13.4. The van der Waals surface area contributed by atoms with Gasteiger partial charge in [0.05, 0.1) is 0 Å². The summed E-state index contributed by atoms with van der Waals surface area (Å²) in [7, 11) is 3.56. The van der Waals surface area contributed by atoms with Crippen molar-refractivity contribution in [1.82, 2.24) is 4.90 Å². The number of nitrogens with one attached hydrogen (secondary N) is 1. The summed E-state index contributed by atoms with van der Waals surface area (Å²) in [5.74, 6) is 0.762. The van der Waals surface area contributed by atoms with Gasteiger partial charge >= 0.3 is 0 Å². The zero-order valence-electron chi connectivity index (χ0n) is 17.5. The molecule has 2 aliphatic rings. The molecule has 1 spiro atoms. The zero-order chi connectivity index (χ0) is 21.6. The Morgan fingerprint density at radius 2 is 1.84 bits per heavy atom. The van der Waals surface area contributed by atoms with E-state index in [2.05, 4.69) is 11.4 Å². The van der Waals surface area contributed by atoms with Gasteiger partial charge in [0.25, 0.3) is 5.91 Å². The molecule has 1 amide bonds. The Hall–Kier alpha value is -3.80. The Bertz CT molecular complexity index is 1190. The number of nitrogens with zero attached hydrogens (tertiary/aromatic N) is 2. The van der Waals surface area contributed by atoms with Crippen LogP contribution < -0.4 is 15.8 Å². The van der Waals surface area contributed by atoms with Crippen molar-refractivity contribution in [2.75, 3.05) is 19.4 Å². The molecule has 5 rings (SSSR count). The Morgan fingerprint density at radius 3 is 2.55 bits per heavy atom. The molecule has 6 nitrogen and oxygen atoms in total. The number of amides is 1. The first kappa shape index (κ1) is 19.2. The summed E-state index contributed by atoms with van der Waals surface area (Å²) in [6, 6.07) is 24.0. The number of benzene rings is 3. The van der Waals surface area contributed by atoms with Crippen LogP contribution in [-0.2, 0) is 10.3 Å². The van der Waals surface area contributed by atoms with Crippen LogP contribution in [0.5, 0.6) is 5.75 Å². The third-order valence-electron chi connectivity index (χ3n) is 6.14. The predicted molar refractivity (Wildman–Crippen MR) is 122 cm³/mol. The van der Waals surface area contributed by atoms with Crippen LogP contribution in [-0.4, -0.2) is 30.9 Å². The lowest BCUT2D eigenvalue weighted by atomic mass is 9.79. The summed E-state index contributed by atoms with van der Waals surface area (Å²) in [5, 5.41) is 3.17. The maximum atomic E-state index is 13.4. The van der Waals surface area contributed by atoms with Gasteiger partial charge in [0.2, 0.25) is 0 Å². The van der Waals surface area contributed by atoms with Crippen LogP contribution in [0.25, 0.3) is 11.1 Å². The molecule has 2 heterocycles. The number of likely N-dealkylation sites (N-methyl/N-ethyl adjacent to an activating group) is 1. The highest BCUT2D eigenvalue weighted by Gasteiger charge is 2.53. The van der Waals surface area contributed by atoms with E-state index in [1.807, 2.05) is 73.8 Å². The second kappa shape index (κ2) is 7.16. The van der Waals surface area contributed by atoms with Crippen LogP contribution in [0.15, 0.2) is 77.8 Å². The molecule has 2 unspecified atom stereocenters. The van der Waals surface area contributed by atoms with Gasteiger partial charge in [-0.2, -0.15) is 0 Å². The van der Waals surface area contributed by atoms with E-state index in [1.54, 1.807) is 7.05 Å². The second-order valence-corrected chi connectivity index (χ2v) is 7.96. The van der Waals surface area contributed by atoms with Crippen LogP contribution in [0.3, 0.4) is 0 Å². The summed E-state index contributed by atoms with van der Waals surface area (Å²) in [4.78, 5) is 19.6. The number of ether oxygens (including phenoxy) is 1. The highest BCUT2D eigenvalue weighted by atomic mass is 16.5. The Labute approximate surface area is 181 Å². The molecule has 0 bridgehead atoms. The number of aliphatic imine (C=N–C) groups is 1. The number of hydrogen-bond acceptors (Lipinski definition) is 5. The van der Waals surface area contributed by atoms with Gasteiger partial charge in [-0.15, -0.1) is 0 Å². The number of anilines is 1. The number of rotatable bonds is 3. The topological polar surface area (TPSA) is 80.0 Å². The first-order valence-corrected chi connectivity index (χ1v) is 10.3. The molecule has 0 saturated carbocycles. The largest absolute Gasteiger partial charge is 0.485 e. The van der Waals surface area contributed by atoms with Crippen LogP contribution in [0.2, 0.25) is 0 Å². The fourth-order valence-electron chi connectivity index (χ4n) is 4.42. The molecule has 3 N–H and O–H groups in total. The molecule has 156 valence electrons. The van der Waals surface area contributed by atoms with E-state index in [1.165, 1.54) is 4.90 Å². The molecule has 2 aliphatic heterocycles. The number of guanidine groups is 1. The van der Waals surface area contributed by atoms with Gasteiger partial charge in [0, 0.05) is 31.8 Å². The number of fused-ring (bicyclic) bond motifs is 2. The summed E-state index contributed by atoms with van der Waals surface area (Å²) in [6.07, 6.45) is 0.104. The molecular formula is C25H24N4O2. The standard InChI is InChI=1S/C25H24N4O2/c1-27-19-10-6-9-17(13-19)18-11-12-21-20(14-18)25(23(30)29(2)24(26)28-25)15-22(31-21)16-7-4-3-5-8-16/h3-14,22,27H,15H2,1-2H3,(H2,26,28). The van der Waals surface area contributed by atoms with Gasteiger partial charge in [-0.25, -0.2) is 4.99 Å². The third kappa shape index (κ3) is 3.03. The van der Waals surface area contributed by atoms with E-state index in [0.29, 0.717) is 12.2 Å². The molecular weight excluding hydrogens is 388 g/mol. The predicted octanol–water partition coefficient (Wildman–Crippen LogP) is 3.90. The van der Waals surface area contributed by atoms with Crippen LogP contribution in [0.4, 0.5) is 5.69 Å². The van der Waals surface area contributed by atoms with Crippen molar-refractivity contribution in [3.05, 3.63) is 83.9 Å². The number of hydrogen-bond donors (Lipinski definition) is 2. The van der Waals surface area contributed by atoms with Crippen molar-refractivity contribution < 1.29 is 9.53 Å². The minimum Gasteiger partial charge on any atom is -0.485 e. The first-order chi connectivity index (χ1) is 15.0. The molecule has 0 radical (unpaired) electrons. The van der Waals surface area contributed by atoms with Gasteiger partial charge in [0.15, 0.2) is 11.5 Å². The smallest absolute Gasteiger partial charge is 0.261 e. The highest BCUT2D eigenvalue weighted by molar-refractivity contribution is 6.07. The van der Waals surface area contributed by atoms with Gasteiger partial charge in [0.1, 0.15) is 11.9 Å². The minimum absolute atomic E-state index is 0.128. The average molecular weight is 412 g/mol. The summed E-state index contributed by atoms with van der Waals surface area (Å²) < 4.78 is 6.37. The summed E-state index contributed by atoms with van der Waals surface area (Å²) >= 11 is 0. The Morgan fingerprint density at radius 1 is 1.06 bits per heavy atom. The fourth-order valence-corrected chi connectivity index (χ4v) is 4.42. The van der Waals surface area contributed by atoms with Crippen LogP contribution in [0.1, 0.15) is 23.7 Å². The van der Waals surface area contributed by atoms with Crippen molar-refractivity contribution in [1.29, 1.82) is 0 Å². The van der Waals surface area contributed by atoms with Crippen molar-refractivity contribution in [2.24, 2.45) is 10.7 Å². The average Bonchev–Trinajstić information content (AvgIpc) is 3.03. The number of nitrogens with two attached hydrogens (primary N) is 1. The Kier molecular flexibility index (Phi) is 4.43. The fraction of sp³-hybridized carbons (Fsp3) is 0.200. The second-order valence-electron chi connectivity index (χ2n) is 7.96. The van der Waals surface area contributed by atoms with Crippen LogP contribution >= 0.6 is 0 Å². The third-order valence-corrected chi connectivity index (χ3v) is 6.14. The molecule has 0 aromatic heterocycles. The van der Waals surface area contributed by atoms with Crippen molar-refractivity contribution >= 4 is 17.6 Å². The molecule has 3 aromatic carbocycles. The van der Waals surface area contributed by atoms with Gasteiger partial charge in [-0.3, -0.25) is 9.69 Å². The quantitative estimate of drug-likeness (QED) is 0.684. The van der Waals surface area contributed by atoms with Crippen molar-refractivity contribution in [3.8, 4) is 16.9 Å². The molecule has 3 aromatic rings. The van der Waals surface area contributed by atoms with E-state index < -0.39 is 5.54 Å². The SMILES string of the molecule is CNc1cccc(-c2ccc3c(c2)C2(CC(c4ccccc4)O3)N=C(N)N(C)C2=O)c1. The molecule has 0 fully saturated rings. The van der Waals surface area contributed by atoms with Gasteiger partial charge < -0.3 is 15.8 Å². The van der Waals surface area contributed by atoms with Gasteiger partial charge in [-0.05, 0) is 41.0 Å². The lowest BCUT2D eigenvalue weighted by Crippen LogP contribution is -2.43. The lowest BCUT2D eigenvalue weighted by Gasteiger charge is -2.37. The van der Waals surface area contributed by atoms with Crippen LogP contribution in [0, 0.1) is 0 Å². The molecule has 31 heavy (non-hydrogen) atoms. The molecule has 0 aliphatic carbocycles. The van der Waals surface area contributed by atoms with E-state index in [4.69, 9.17) is 15.5 Å². The van der Waals surface area contributed by atoms with E-state index in [-0.39, 0.29) is 18.0 Å². The molecule has 2 atom stereocenters. The normalized spacial score (nSPS) is 22.1. The van der Waals surface area contributed by atoms with Crippen molar-refractivity contribution in [2.45, 2.75) is 18.1 Å². The van der Waals surface area contributed by atoms with E-state index in [9.17, 15) is 4.79 Å². The summed E-state index contributed by atoms with van der Waals surface area (Å²) in [6.45, 7) is 0. The van der Waals surface area contributed by atoms with E-state index in [0.717, 1.165) is 27.9 Å². The lowest BCUT2D eigenvalue weighted by molar-refractivity contribution is -0.132. The molecule has 0 saturated heterocycles. The van der Waals surface area contributed by atoms with Crippen molar-refractivity contribution in [3.63, 3.8) is 0 Å². The maximum Gasteiger partial charge on any atom is 0.261 e. The summed E-state index contributed by atoms with van der Waals surface area (Å²) in [5.41, 5.74) is 9.84.